The lowest BCUT2D eigenvalue weighted by molar-refractivity contribution is -0.137. The van der Waals surface area contributed by atoms with Gasteiger partial charge in [-0.3, -0.25) is 4.79 Å². The number of aromatic nitrogens is 2. The van der Waals surface area contributed by atoms with Crippen molar-refractivity contribution in [1.82, 2.24) is 9.78 Å². The van der Waals surface area contributed by atoms with Crippen molar-refractivity contribution in [2.75, 3.05) is 26.1 Å². The summed E-state index contributed by atoms with van der Waals surface area (Å²) in [6.07, 6.45) is -3.30. The molecule has 168 valence electrons. The van der Waals surface area contributed by atoms with Gasteiger partial charge >= 0.3 is 12.1 Å². The van der Waals surface area contributed by atoms with Gasteiger partial charge in [0.1, 0.15) is 5.75 Å². The van der Waals surface area contributed by atoms with E-state index < -0.39 is 30.2 Å². The maximum Gasteiger partial charge on any atom is 0.416 e. The van der Waals surface area contributed by atoms with Crippen molar-refractivity contribution in [1.29, 1.82) is 0 Å². The van der Waals surface area contributed by atoms with Gasteiger partial charge in [-0.2, -0.15) is 18.3 Å². The number of methoxy groups -OCH3 is 2. The number of benzene rings is 2. The smallest absolute Gasteiger partial charge is 0.416 e. The molecule has 0 spiro atoms. The van der Waals surface area contributed by atoms with E-state index in [1.807, 2.05) is 0 Å². The lowest BCUT2D eigenvalue weighted by Crippen LogP contribution is -2.21. The number of hydrogen-bond acceptors (Lipinski definition) is 6. The highest BCUT2D eigenvalue weighted by molar-refractivity contribution is 5.95. The average Bonchev–Trinajstić information content (AvgIpc) is 3.22. The normalized spacial score (nSPS) is 11.0. The fourth-order valence-corrected chi connectivity index (χ4v) is 2.68. The number of rotatable bonds is 7. The van der Waals surface area contributed by atoms with Crippen LogP contribution in [-0.2, 0) is 15.7 Å². The van der Waals surface area contributed by atoms with Crippen LogP contribution in [0.2, 0.25) is 0 Å². The molecule has 0 unspecified atom stereocenters. The molecule has 3 aromatic rings. The fraction of sp³-hybridized carbons (Fsp3) is 0.190. The third-order valence-electron chi connectivity index (χ3n) is 4.24. The van der Waals surface area contributed by atoms with Gasteiger partial charge in [0.05, 0.1) is 31.7 Å². The molecule has 0 aliphatic rings. The Kier molecular flexibility index (Phi) is 6.67. The number of nitrogens with one attached hydrogen (secondary N) is 1. The molecule has 0 saturated heterocycles. The number of anilines is 1. The van der Waals surface area contributed by atoms with Crippen molar-refractivity contribution in [2.45, 2.75) is 6.18 Å². The number of carbonyl (C=O) groups is 2. The van der Waals surface area contributed by atoms with E-state index in [-0.39, 0.29) is 17.1 Å². The molecule has 11 heteroatoms. The summed E-state index contributed by atoms with van der Waals surface area (Å²) in [7, 11) is 2.77. The third kappa shape index (κ3) is 5.36. The van der Waals surface area contributed by atoms with Crippen LogP contribution in [0.25, 0.3) is 5.69 Å². The first-order chi connectivity index (χ1) is 15.2. The van der Waals surface area contributed by atoms with E-state index in [0.717, 1.165) is 16.8 Å². The molecular weight excluding hydrogens is 431 g/mol. The van der Waals surface area contributed by atoms with Crippen LogP contribution in [0.15, 0.2) is 54.7 Å². The summed E-state index contributed by atoms with van der Waals surface area (Å²) in [5.74, 6) is -0.988. The minimum Gasteiger partial charge on any atom is -0.497 e. The topological polar surface area (TPSA) is 91.7 Å². The van der Waals surface area contributed by atoms with Crippen LogP contribution in [0, 0.1) is 0 Å². The molecule has 0 atom stereocenters. The van der Waals surface area contributed by atoms with Gasteiger partial charge in [-0.15, -0.1) is 0 Å². The van der Waals surface area contributed by atoms with Gasteiger partial charge in [0.15, 0.2) is 12.4 Å². The first kappa shape index (κ1) is 22.7. The average molecular weight is 449 g/mol. The molecule has 0 saturated carbocycles. The van der Waals surface area contributed by atoms with Crippen LogP contribution in [0.1, 0.15) is 16.1 Å². The Balaban J connectivity index is 1.69. The third-order valence-corrected chi connectivity index (χ3v) is 4.24. The molecule has 0 bridgehead atoms. The Bertz CT molecular complexity index is 1110. The van der Waals surface area contributed by atoms with Crippen LogP contribution in [0.5, 0.6) is 11.5 Å². The molecule has 1 heterocycles. The number of hydrogen-bond donors (Lipinski definition) is 1. The number of halogens is 3. The second kappa shape index (κ2) is 9.41. The highest BCUT2D eigenvalue weighted by Crippen LogP contribution is 2.31. The zero-order chi connectivity index (χ0) is 23.3. The van der Waals surface area contributed by atoms with E-state index in [1.54, 1.807) is 24.3 Å². The monoisotopic (exact) mass is 449 g/mol. The number of esters is 1. The van der Waals surface area contributed by atoms with Crippen molar-refractivity contribution in [3.05, 3.63) is 66.0 Å². The number of amides is 1. The Morgan fingerprint density at radius 2 is 1.78 bits per heavy atom. The Morgan fingerprint density at radius 3 is 2.41 bits per heavy atom. The number of alkyl halides is 3. The number of ether oxygens (including phenoxy) is 3. The highest BCUT2D eigenvalue weighted by Gasteiger charge is 2.31. The first-order valence-electron chi connectivity index (χ1n) is 9.13. The Morgan fingerprint density at radius 1 is 1.06 bits per heavy atom. The molecule has 1 aromatic heterocycles. The van der Waals surface area contributed by atoms with E-state index in [0.29, 0.717) is 11.4 Å². The SMILES string of the molecule is COc1ccc(NC(=O)COC(=O)c2nn(-c3cccc(C(F)(F)F)c3)cc2OC)cc1. The molecule has 0 aliphatic heterocycles. The second-order valence-corrected chi connectivity index (χ2v) is 6.39. The molecule has 1 amide bonds. The molecular formula is C21H18F3N3O5. The largest absolute Gasteiger partial charge is 0.497 e. The molecule has 8 nitrogen and oxygen atoms in total. The molecule has 1 N–H and O–H groups in total. The molecule has 0 radical (unpaired) electrons. The van der Waals surface area contributed by atoms with Crippen LogP contribution in [-0.4, -0.2) is 42.5 Å². The van der Waals surface area contributed by atoms with Gasteiger partial charge < -0.3 is 19.5 Å². The van der Waals surface area contributed by atoms with E-state index in [9.17, 15) is 22.8 Å². The summed E-state index contributed by atoms with van der Waals surface area (Å²) in [6.45, 7) is -0.607. The van der Waals surface area contributed by atoms with Crippen LogP contribution < -0.4 is 14.8 Å². The lowest BCUT2D eigenvalue weighted by Gasteiger charge is -2.08. The standard InChI is InChI=1S/C21H18F3N3O5/c1-30-16-8-6-14(7-9-16)25-18(28)12-32-20(29)19-17(31-2)11-27(26-19)15-5-3-4-13(10-15)21(22,23)24/h3-11H,12H2,1-2H3,(H,25,28). The van der Waals surface area contributed by atoms with Gasteiger partial charge in [0, 0.05) is 5.69 Å². The van der Waals surface area contributed by atoms with E-state index in [1.165, 1.54) is 32.5 Å². The molecule has 2 aromatic carbocycles. The minimum atomic E-state index is -4.54. The summed E-state index contributed by atoms with van der Waals surface area (Å²) in [5.41, 5.74) is -0.626. The predicted octanol–water partition coefficient (Wildman–Crippen LogP) is 3.70. The van der Waals surface area contributed by atoms with Crippen molar-refractivity contribution >= 4 is 17.6 Å². The number of carbonyl (C=O) groups excluding carboxylic acids is 2. The maximum absolute atomic E-state index is 13.0. The summed E-state index contributed by atoms with van der Waals surface area (Å²) < 4.78 is 55.0. The van der Waals surface area contributed by atoms with E-state index in [2.05, 4.69) is 10.4 Å². The second-order valence-electron chi connectivity index (χ2n) is 6.39. The quantitative estimate of drug-likeness (QED) is 0.553. The summed E-state index contributed by atoms with van der Waals surface area (Å²) in [4.78, 5) is 24.4. The zero-order valence-electron chi connectivity index (χ0n) is 17.0. The molecule has 0 fully saturated rings. The summed E-state index contributed by atoms with van der Waals surface area (Å²) in [6, 6.07) is 10.9. The molecule has 32 heavy (non-hydrogen) atoms. The van der Waals surface area contributed by atoms with Crippen molar-refractivity contribution in [2.24, 2.45) is 0 Å². The minimum absolute atomic E-state index is 0.0250. The first-order valence-corrected chi connectivity index (χ1v) is 9.13. The van der Waals surface area contributed by atoms with Crippen molar-refractivity contribution < 1.29 is 37.0 Å². The zero-order valence-corrected chi connectivity index (χ0v) is 17.0. The van der Waals surface area contributed by atoms with Crippen LogP contribution >= 0.6 is 0 Å². The summed E-state index contributed by atoms with van der Waals surface area (Å²) >= 11 is 0. The highest BCUT2D eigenvalue weighted by atomic mass is 19.4. The Hall–Kier alpha value is -4.02. The number of nitrogens with zero attached hydrogens (tertiary/aromatic N) is 2. The van der Waals surface area contributed by atoms with Gasteiger partial charge in [0.25, 0.3) is 5.91 Å². The van der Waals surface area contributed by atoms with E-state index >= 15 is 0 Å². The van der Waals surface area contributed by atoms with Gasteiger partial charge in [-0.1, -0.05) is 6.07 Å². The van der Waals surface area contributed by atoms with Gasteiger partial charge in [0.2, 0.25) is 5.69 Å². The van der Waals surface area contributed by atoms with Crippen molar-refractivity contribution in [3.8, 4) is 17.2 Å². The van der Waals surface area contributed by atoms with Gasteiger partial charge in [-0.05, 0) is 42.5 Å². The van der Waals surface area contributed by atoms with E-state index in [4.69, 9.17) is 14.2 Å². The predicted molar refractivity (Wildman–Crippen MR) is 107 cm³/mol. The maximum atomic E-state index is 13.0. The van der Waals surface area contributed by atoms with Crippen LogP contribution in [0.4, 0.5) is 18.9 Å². The summed E-state index contributed by atoms with van der Waals surface area (Å²) in [5, 5.41) is 6.50. The van der Waals surface area contributed by atoms with Gasteiger partial charge in [-0.25, -0.2) is 9.48 Å². The van der Waals surface area contributed by atoms with Crippen LogP contribution in [0.3, 0.4) is 0 Å². The Labute approximate surface area is 180 Å². The molecule has 0 aliphatic carbocycles. The molecule has 3 rings (SSSR count). The lowest BCUT2D eigenvalue weighted by atomic mass is 10.2. The fourth-order valence-electron chi connectivity index (χ4n) is 2.68. The van der Waals surface area contributed by atoms with Crippen molar-refractivity contribution in [3.63, 3.8) is 0 Å².